The Balaban J connectivity index is 2.24. The second kappa shape index (κ2) is 4.66. The fourth-order valence-electron chi connectivity index (χ4n) is 1.38. The van der Waals surface area contributed by atoms with Crippen molar-refractivity contribution in [2.75, 3.05) is 0 Å². The average Bonchev–Trinajstić information content (AvgIpc) is 2.72. The van der Waals surface area contributed by atoms with Gasteiger partial charge in [-0.3, -0.25) is 4.68 Å². The maximum absolute atomic E-state index is 13.0. The molecular formula is C10H7ClF2N2O2S. The molecule has 0 amide bonds. The van der Waals surface area contributed by atoms with E-state index in [1.807, 2.05) is 0 Å². The summed E-state index contributed by atoms with van der Waals surface area (Å²) in [6.07, 6.45) is 2.30. The minimum absolute atomic E-state index is 0.115. The summed E-state index contributed by atoms with van der Waals surface area (Å²) in [5, 5.41) is 3.77. The van der Waals surface area contributed by atoms with Crippen LogP contribution in [-0.2, 0) is 15.6 Å². The van der Waals surface area contributed by atoms with Crippen LogP contribution in [0.3, 0.4) is 0 Å². The van der Waals surface area contributed by atoms with Crippen LogP contribution >= 0.6 is 10.7 Å². The molecule has 1 heterocycles. The Hall–Kier alpha value is -1.47. The minimum atomic E-state index is -3.83. The fourth-order valence-corrected chi connectivity index (χ4v) is 2.04. The topological polar surface area (TPSA) is 52.0 Å². The van der Waals surface area contributed by atoms with E-state index in [-0.39, 0.29) is 11.4 Å². The summed E-state index contributed by atoms with van der Waals surface area (Å²) >= 11 is 0. The predicted molar refractivity (Wildman–Crippen MR) is 60.7 cm³/mol. The number of nitrogens with zero attached hydrogens (tertiary/aromatic N) is 2. The van der Waals surface area contributed by atoms with Crippen molar-refractivity contribution in [2.45, 2.75) is 11.4 Å². The van der Waals surface area contributed by atoms with Crippen molar-refractivity contribution in [3.8, 4) is 0 Å². The molecule has 0 aliphatic carbocycles. The second-order valence-corrected chi connectivity index (χ2v) is 6.13. The SMILES string of the molecule is O=S(=O)(Cl)c1cnn(Cc2ccc(F)c(F)c2)c1. The van der Waals surface area contributed by atoms with Crippen molar-refractivity contribution < 1.29 is 17.2 Å². The molecule has 4 nitrogen and oxygen atoms in total. The molecule has 0 aliphatic heterocycles. The molecule has 1 aromatic heterocycles. The molecule has 18 heavy (non-hydrogen) atoms. The van der Waals surface area contributed by atoms with Gasteiger partial charge in [0.1, 0.15) is 4.90 Å². The third-order valence-corrected chi connectivity index (χ3v) is 3.53. The van der Waals surface area contributed by atoms with E-state index in [1.54, 1.807) is 0 Å². The van der Waals surface area contributed by atoms with Crippen LogP contribution in [0.1, 0.15) is 5.56 Å². The highest BCUT2D eigenvalue weighted by Crippen LogP contribution is 2.15. The molecule has 8 heteroatoms. The van der Waals surface area contributed by atoms with Gasteiger partial charge in [-0.15, -0.1) is 0 Å². The Labute approximate surface area is 106 Å². The molecule has 1 aromatic carbocycles. The zero-order chi connectivity index (χ0) is 13.3. The molecule has 0 aliphatic rings. The first-order valence-electron chi connectivity index (χ1n) is 4.77. The van der Waals surface area contributed by atoms with E-state index in [9.17, 15) is 17.2 Å². The van der Waals surface area contributed by atoms with Crippen LogP contribution in [0.5, 0.6) is 0 Å². The standard InChI is InChI=1S/C10H7ClF2N2O2S/c11-18(16,17)8-4-14-15(6-8)5-7-1-2-9(12)10(13)3-7/h1-4,6H,5H2. The van der Waals surface area contributed by atoms with Crippen LogP contribution in [0.15, 0.2) is 35.5 Å². The molecular weight excluding hydrogens is 286 g/mol. The van der Waals surface area contributed by atoms with Gasteiger partial charge in [0.15, 0.2) is 11.6 Å². The van der Waals surface area contributed by atoms with Crippen molar-refractivity contribution in [1.82, 2.24) is 9.78 Å². The maximum atomic E-state index is 13.0. The third kappa shape index (κ3) is 2.85. The lowest BCUT2D eigenvalue weighted by Gasteiger charge is -2.02. The van der Waals surface area contributed by atoms with E-state index in [4.69, 9.17) is 10.7 Å². The first-order valence-corrected chi connectivity index (χ1v) is 7.08. The molecule has 0 fully saturated rings. The number of rotatable bonds is 3. The highest BCUT2D eigenvalue weighted by Gasteiger charge is 2.13. The Morgan fingerprint density at radius 1 is 1.28 bits per heavy atom. The molecule has 0 N–H and O–H groups in total. The number of hydrogen-bond acceptors (Lipinski definition) is 3. The van der Waals surface area contributed by atoms with Gasteiger partial charge in [-0.25, -0.2) is 17.2 Å². The smallest absolute Gasteiger partial charge is 0.264 e. The minimum Gasteiger partial charge on any atom is -0.267 e. The zero-order valence-corrected chi connectivity index (χ0v) is 10.4. The molecule has 0 radical (unpaired) electrons. The second-order valence-electron chi connectivity index (χ2n) is 3.56. The molecule has 0 saturated heterocycles. The van der Waals surface area contributed by atoms with E-state index in [0.29, 0.717) is 5.56 Å². The van der Waals surface area contributed by atoms with E-state index in [2.05, 4.69) is 5.10 Å². The van der Waals surface area contributed by atoms with E-state index in [1.165, 1.54) is 16.9 Å². The van der Waals surface area contributed by atoms with Crippen LogP contribution in [0.4, 0.5) is 8.78 Å². The van der Waals surface area contributed by atoms with Gasteiger partial charge in [0.05, 0.1) is 12.7 Å². The van der Waals surface area contributed by atoms with Crippen molar-refractivity contribution >= 4 is 19.7 Å². The van der Waals surface area contributed by atoms with Crippen LogP contribution in [0.25, 0.3) is 0 Å². The molecule has 0 saturated carbocycles. The third-order valence-electron chi connectivity index (χ3n) is 2.22. The molecule has 2 aromatic rings. The van der Waals surface area contributed by atoms with Crippen LogP contribution in [0.2, 0.25) is 0 Å². The first-order chi connectivity index (χ1) is 8.36. The number of benzene rings is 1. The summed E-state index contributed by atoms with van der Waals surface area (Å²) < 4.78 is 48.9. The van der Waals surface area contributed by atoms with Gasteiger partial charge >= 0.3 is 0 Å². The first kappa shape index (κ1) is 13.0. The number of aromatic nitrogens is 2. The predicted octanol–water partition coefficient (Wildman–Crippen LogP) is 2.14. The lowest BCUT2D eigenvalue weighted by Crippen LogP contribution is -2.01. The maximum Gasteiger partial charge on any atom is 0.264 e. The number of hydrogen-bond donors (Lipinski definition) is 0. The normalized spacial score (nSPS) is 11.7. The molecule has 2 rings (SSSR count). The van der Waals surface area contributed by atoms with Crippen LogP contribution < -0.4 is 0 Å². The highest BCUT2D eigenvalue weighted by molar-refractivity contribution is 8.13. The summed E-state index contributed by atoms with van der Waals surface area (Å²) in [6.45, 7) is 0.115. The number of halogens is 3. The monoisotopic (exact) mass is 292 g/mol. The van der Waals surface area contributed by atoms with Crippen molar-refractivity contribution in [2.24, 2.45) is 0 Å². The van der Waals surface area contributed by atoms with E-state index >= 15 is 0 Å². The summed E-state index contributed by atoms with van der Waals surface area (Å²) in [6, 6.07) is 3.40. The largest absolute Gasteiger partial charge is 0.267 e. The molecule has 0 unspecified atom stereocenters. The fraction of sp³-hybridized carbons (Fsp3) is 0.100. The van der Waals surface area contributed by atoms with Crippen molar-refractivity contribution in [3.05, 3.63) is 47.8 Å². The van der Waals surface area contributed by atoms with Gasteiger partial charge in [0, 0.05) is 16.9 Å². The molecule has 96 valence electrons. The molecule has 0 bridgehead atoms. The van der Waals surface area contributed by atoms with E-state index in [0.717, 1.165) is 18.3 Å². The van der Waals surface area contributed by atoms with Gasteiger partial charge in [-0.1, -0.05) is 6.07 Å². The highest BCUT2D eigenvalue weighted by atomic mass is 35.7. The Morgan fingerprint density at radius 3 is 2.56 bits per heavy atom. The molecule has 0 spiro atoms. The lowest BCUT2D eigenvalue weighted by atomic mass is 10.2. The zero-order valence-electron chi connectivity index (χ0n) is 8.85. The summed E-state index contributed by atoms with van der Waals surface area (Å²) in [5.41, 5.74) is 0.454. The van der Waals surface area contributed by atoms with Crippen LogP contribution in [-0.4, -0.2) is 18.2 Å². The van der Waals surface area contributed by atoms with Gasteiger partial charge in [0.25, 0.3) is 9.05 Å². The van der Waals surface area contributed by atoms with Gasteiger partial charge in [-0.05, 0) is 17.7 Å². The van der Waals surface area contributed by atoms with Gasteiger partial charge in [0.2, 0.25) is 0 Å². The Kier molecular flexibility index (Phi) is 3.36. The Bertz CT molecular complexity index is 685. The molecule has 0 atom stereocenters. The lowest BCUT2D eigenvalue weighted by molar-refractivity contribution is 0.505. The average molecular weight is 293 g/mol. The van der Waals surface area contributed by atoms with Gasteiger partial charge in [-0.2, -0.15) is 5.10 Å². The summed E-state index contributed by atoms with van der Waals surface area (Å²) in [7, 11) is 1.30. The summed E-state index contributed by atoms with van der Waals surface area (Å²) in [4.78, 5) is -0.147. The quantitative estimate of drug-likeness (QED) is 0.815. The van der Waals surface area contributed by atoms with Crippen molar-refractivity contribution in [3.63, 3.8) is 0 Å². The van der Waals surface area contributed by atoms with Crippen LogP contribution in [0, 0.1) is 11.6 Å². The van der Waals surface area contributed by atoms with Crippen molar-refractivity contribution in [1.29, 1.82) is 0 Å². The summed E-state index contributed by atoms with van der Waals surface area (Å²) in [5.74, 6) is -1.91. The van der Waals surface area contributed by atoms with E-state index < -0.39 is 20.7 Å². The van der Waals surface area contributed by atoms with Gasteiger partial charge < -0.3 is 0 Å². The Morgan fingerprint density at radius 2 is 2.00 bits per heavy atom.